The average Bonchev–Trinajstić information content (AvgIpc) is 2.57. The molecule has 5 heteroatoms. The second-order valence-corrected chi connectivity index (χ2v) is 5.61. The quantitative estimate of drug-likeness (QED) is 0.833. The van der Waals surface area contributed by atoms with Crippen molar-refractivity contribution in [2.45, 2.75) is 34.1 Å². The minimum Gasteiger partial charge on any atom is -0.477 e. The van der Waals surface area contributed by atoms with Crippen LogP contribution in [0.2, 0.25) is 0 Å². The number of hydrogen-bond acceptors (Lipinski definition) is 4. The maximum Gasteiger partial charge on any atom is 0.347 e. The Bertz CT molecular complexity index is 385. The number of rotatable bonds is 5. The molecule has 0 bridgehead atoms. The summed E-state index contributed by atoms with van der Waals surface area (Å²) in [5.74, 6) is -0.905. The lowest BCUT2D eigenvalue weighted by atomic mass is 9.90. The van der Waals surface area contributed by atoms with Crippen LogP contribution in [0.25, 0.3) is 0 Å². The Hall–Kier alpha value is -1.10. The van der Waals surface area contributed by atoms with Crippen molar-refractivity contribution >= 4 is 22.4 Å². The maximum absolute atomic E-state index is 10.8. The molecule has 0 amide bonds. The van der Waals surface area contributed by atoms with Gasteiger partial charge in [0.15, 0.2) is 5.13 Å². The number of carboxylic acids is 1. The van der Waals surface area contributed by atoms with Gasteiger partial charge >= 0.3 is 5.97 Å². The van der Waals surface area contributed by atoms with Crippen LogP contribution in [0, 0.1) is 12.3 Å². The van der Waals surface area contributed by atoms with E-state index in [1.54, 1.807) is 6.92 Å². The van der Waals surface area contributed by atoms with Crippen LogP contribution in [0.1, 0.15) is 42.6 Å². The average molecular weight is 242 g/mol. The summed E-state index contributed by atoms with van der Waals surface area (Å²) in [6, 6.07) is 0. The molecule has 4 nitrogen and oxygen atoms in total. The highest BCUT2D eigenvalue weighted by Gasteiger charge is 2.17. The number of aryl methyl sites for hydroxylation is 1. The third kappa shape index (κ3) is 3.20. The highest BCUT2D eigenvalue weighted by atomic mass is 32.1. The lowest BCUT2D eigenvalue weighted by molar-refractivity contribution is 0.0701. The van der Waals surface area contributed by atoms with E-state index in [1.807, 2.05) is 0 Å². The molecule has 0 saturated heterocycles. The van der Waals surface area contributed by atoms with E-state index in [9.17, 15) is 4.79 Å². The predicted molar refractivity (Wildman–Crippen MR) is 66.4 cm³/mol. The molecule has 16 heavy (non-hydrogen) atoms. The van der Waals surface area contributed by atoms with Crippen LogP contribution < -0.4 is 5.32 Å². The number of aromatic nitrogens is 1. The molecule has 0 aliphatic heterocycles. The SMILES string of the molecule is CCC(C)(C)CNc1nc(C)c(C(=O)O)s1. The molecular weight excluding hydrogens is 224 g/mol. The van der Waals surface area contributed by atoms with Crippen molar-refractivity contribution in [2.75, 3.05) is 11.9 Å². The van der Waals surface area contributed by atoms with Gasteiger partial charge in [0, 0.05) is 6.54 Å². The Morgan fingerprint density at radius 2 is 2.19 bits per heavy atom. The van der Waals surface area contributed by atoms with Crippen LogP contribution in [0.15, 0.2) is 0 Å². The summed E-state index contributed by atoms with van der Waals surface area (Å²) < 4.78 is 0. The Kier molecular flexibility index (Phi) is 3.91. The first-order valence-corrected chi connectivity index (χ1v) is 6.12. The fourth-order valence-electron chi connectivity index (χ4n) is 1.11. The number of hydrogen-bond donors (Lipinski definition) is 2. The second kappa shape index (κ2) is 4.82. The standard InChI is InChI=1S/C11H18N2O2S/c1-5-11(3,4)6-12-10-13-7(2)8(16-10)9(14)15/h5-6H2,1-4H3,(H,12,13)(H,14,15). The number of nitrogens with one attached hydrogen (secondary N) is 1. The highest BCUT2D eigenvalue weighted by Crippen LogP contribution is 2.25. The van der Waals surface area contributed by atoms with E-state index in [0.29, 0.717) is 15.7 Å². The molecule has 0 saturated carbocycles. The monoisotopic (exact) mass is 242 g/mol. The van der Waals surface area contributed by atoms with Crippen LogP contribution in [0.4, 0.5) is 5.13 Å². The van der Waals surface area contributed by atoms with E-state index in [1.165, 1.54) is 11.3 Å². The van der Waals surface area contributed by atoms with Gasteiger partial charge in [0.2, 0.25) is 0 Å². The molecule has 1 heterocycles. The van der Waals surface area contributed by atoms with Crippen molar-refractivity contribution < 1.29 is 9.90 Å². The van der Waals surface area contributed by atoms with E-state index >= 15 is 0 Å². The zero-order valence-electron chi connectivity index (χ0n) is 10.1. The topological polar surface area (TPSA) is 62.2 Å². The fourth-order valence-corrected chi connectivity index (χ4v) is 1.91. The lowest BCUT2D eigenvalue weighted by Gasteiger charge is -2.22. The van der Waals surface area contributed by atoms with Crippen molar-refractivity contribution in [1.82, 2.24) is 4.98 Å². The van der Waals surface area contributed by atoms with Crippen molar-refractivity contribution in [1.29, 1.82) is 0 Å². The molecule has 0 spiro atoms. The number of nitrogens with zero attached hydrogens (tertiary/aromatic N) is 1. The van der Waals surface area contributed by atoms with Crippen molar-refractivity contribution in [2.24, 2.45) is 5.41 Å². The number of carbonyl (C=O) groups is 1. The van der Waals surface area contributed by atoms with E-state index in [2.05, 4.69) is 31.1 Å². The molecule has 0 atom stereocenters. The molecule has 0 aromatic carbocycles. The Labute approximate surface area is 99.7 Å². The van der Waals surface area contributed by atoms with Crippen LogP contribution in [-0.2, 0) is 0 Å². The van der Waals surface area contributed by atoms with Gasteiger partial charge in [0.25, 0.3) is 0 Å². The lowest BCUT2D eigenvalue weighted by Crippen LogP contribution is -2.21. The Balaban J connectivity index is 2.69. The van der Waals surface area contributed by atoms with Crippen molar-refractivity contribution in [3.05, 3.63) is 10.6 Å². The van der Waals surface area contributed by atoms with Crippen molar-refractivity contribution in [3.63, 3.8) is 0 Å². The van der Waals surface area contributed by atoms with Gasteiger partial charge in [0.05, 0.1) is 5.69 Å². The van der Waals surface area contributed by atoms with Crippen LogP contribution in [0.3, 0.4) is 0 Å². The van der Waals surface area contributed by atoms with Crippen LogP contribution in [-0.4, -0.2) is 22.6 Å². The minimum absolute atomic E-state index is 0.197. The Morgan fingerprint density at radius 1 is 1.56 bits per heavy atom. The van der Waals surface area contributed by atoms with E-state index < -0.39 is 5.97 Å². The van der Waals surface area contributed by atoms with Gasteiger partial charge in [0.1, 0.15) is 4.88 Å². The molecule has 1 aromatic rings. The van der Waals surface area contributed by atoms with Gasteiger partial charge in [-0.25, -0.2) is 9.78 Å². The van der Waals surface area contributed by atoms with Crippen LogP contribution >= 0.6 is 11.3 Å². The number of carboxylic acid groups (broad SMARTS) is 1. The first-order chi connectivity index (χ1) is 7.35. The molecule has 0 radical (unpaired) electrons. The number of thiazole rings is 1. The zero-order chi connectivity index (χ0) is 12.3. The Morgan fingerprint density at radius 3 is 2.62 bits per heavy atom. The predicted octanol–water partition coefficient (Wildman–Crippen LogP) is 3.00. The van der Waals surface area contributed by atoms with Gasteiger partial charge in [-0.05, 0) is 18.8 Å². The smallest absolute Gasteiger partial charge is 0.347 e. The van der Waals surface area contributed by atoms with Gasteiger partial charge in [-0.15, -0.1) is 0 Å². The van der Waals surface area contributed by atoms with Gasteiger partial charge in [-0.2, -0.15) is 0 Å². The molecule has 0 aliphatic rings. The summed E-state index contributed by atoms with van der Waals surface area (Å²) in [6.45, 7) is 8.99. The van der Waals surface area contributed by atoms with E-state index in [-0.39, 0.29) is 5.41 Å². The summed E-state index contributed by atoms with van der Waals surface area (Å²) in [7, 11) is 0. The summed E-state index contributed by atoms with van der Waals surface area (Å²) in [5, 5.41) is 12.8. The maximum atomic E-state index is 10.8. The molecular formula is C11H18N2O2S. The van der Waals surface area contributed by atoms with Gasteiger partial charge in [-0.1, -0.05) is 32.1 Å². The number of aromatic carboxylic acids is 1. The van der Waals surface area contributed by atoms with Crippen molar-refractivity contribution in [3.8, 4) is 0 Å². The summed E-state index contributed by atoms with van der Waals surface area (Å²) >= 11 is 1.20. The molecule has 0 fully saturated rings. The first kappa shape index (κ1) is 13.0. The molecule has 1 aromatic heterocycles. The molecule has 90 valence electrons. The number of anilines is 1. The third-order valence-corrected chi connectivity index (χ3v) is 3.77. The van der Waals surface area contributed by atoms with E-state index in [0.717, 1.165) is 13.0 Å². The summed E-state index contributed by atoms with van der Waals surface area (Å²) in [6.07, 6.45) is 1.07. The zero-order valence-corrected chi connectivity index (χ0v) is 10.9. The molecule has 1 rings (SSSR count). The first-order valence-electron chi connectivity index (χ1n) is 5.30. The normalized spacial score (nSPS) is 11.5. The molecule has 0 aliphatic carbocycles. The van der Waals surface area contributed by atoms with Crippen LogP contribution in [0.5, 0.6) is 0 Å². The molecule has 0 unspecified atom stereocenters. The minimum atomic E-state index is -0.905. The largest absolute Gasteiger partial charge is 0.477 e. The summed E-state index contributed by atoms with van der Waals surface area (Å²) in [4.78, 5) is 15.3. The van der Waals surface area contributed by atoms with E-state index in [4.69, 9.17) is 5.11 Å². The molecule has 2 N–H and O–H groups in total. The highest BCUT2D eigenvalue weighted by molar-refractivity contribution is 7.17. The van der Waals surface area contributed by atoms with Gasteiger partial charge in [-0.3, -0.25) is 0 Å². The second-order valence-electron chi connectivity index (χ2n) is 4.61. The van der Waals surface area contributed by atoms with Gasteiger partial charge < -0.3 is 10.4 Å². The third-order valence-electron chi connectivity index (χ3n) is 2.67. The summed E-state index contributed by atoms with van der Waals surface area (Å²) in [5.41, 5.74) is 0.775. The fraction of sp³-hybridized carbons (Fsp3) is 0.636.